The minimum absolute atomic E-state index is 0.151. The second-order valence-electron chi connectivity index (χ2n) is 4.20. The Kier molecular flexibility index (Phi) is 2.97. The second kappa shape index (κ2) is 4.24. The maximum Gasteiger partial charge on any atom is 0.175 e. The minimum Gasteiger partial charge on any atom is -0.381 e. The molecule has 6 heteroatoms. The number of ether oxygens (including phenoxy) is 1. The van der Waals surface area contributed by atoms with Crippen LogP contribution in [0.1, 0.15) is 12.2 Å². The molecule has 1 fully saturated rings. The third-order valence-corrected chi connectivity index (χ3v) is 2.82. The van der Waals surface area contributed by atoms with Gasteiger partial charge in [0.05, 0.1) is 13.7 Å². The average Bonchev–Trinajstić information content (AvgIpc) is 2.78. The Morgan fingerprint density at radius 2 is 2.47 bits per heavy atom. The van der Waals surface area contributed by atoms with Gasteiger partial charge in [0.15, 0.2) is 5.82 Å². The van der Waals surface area contributed by atoms with Gasteiger partial charge < -0.3 is 10.1 Å². The third kappa shape index (κ3) is 2.32. The van der Waals surface area contributed by atoms with Crippen molar-refractivity contribution in [2.45, 2.75) is 12.8 Å². The zero-order valence-electron chi connectivity index (χ0n) is 9.23. The topological polar surface area (TPSA) is 64.9 Å². The van der Waals surface area contributed by atoms with Gasteiger partial charge in [0.1, 0.15) is 0 Å². The molecule has 0 aromatic carbocycles. The van der Waals surface area contributed by atoms with E-state index in [4.69, 9.17) is 4.74 Å². The van der Waals surface area contributed by atoms with Crippen molar-refractivity contribution in [3.8, 4) is 0 Å². The lowest BCUT2D eigenvalue weighted by atomic mass is 9.83. The Morgan fingerprint density at radius 3 is 3.00 bits per heavy atom. The molecule has 0 radical (unpaired) electrons. The lowest BCUT2D eigenvalue weighted by Gasteiger charge is -2.25. The maximum atomic E-state index is 5.47. The summed E-state index contributed by atoms with van der Waals surface area (Å²) in [5.74, 6) is 0.804. The van der Waals surface area contributed by atoms with E-state index in [1.807, 2.05) is 7.05 Å². The van der Waals surface area contributed by atoms with Crippen molar-refractivity contribution in [1.29, 1.82) is 0 Å². The molecule has 84 valence electrons. The van der Waals surface area contributed by atoms with Crippen LogP contribution in [-0.2, 0) is 18.2 Å². The zero-order chi connectivity index (χ0) is 10.7. The quantitative estimate of drug-likeness (QED) is 0.719. The van der Waals surface area contributed by atoms with Crippen molar-refractivity contribution >= 4 is 0 Å². The van der Waals surface area contributed by atoms with Crippen molar-refractivity contribution in [2.24, 2.45) is 12.5 Å². The number of aryl methyl sites for hydroxylation is 1. The summed E-state index contributed by atoms with van der Waals surface area (Å²) < 4.78 is 5.47. The molecule has 1 saturated heterocycles. The third-order valence-electron chi connectivity index (χ3n) is 2.82. The smallest absolute Gasteiger partial charge is 0.175 e. The van der Waals surface area contributed by atoms with Gasteiger partial charge in [-0.1, -0.05) is 0 Å². The van der Waals surface area contributed by atoms with Crippen LogP contribution in [0.2, 0.25) is 0 Å². The molecule has 1 unspecified atom stereocenters. The molecule has 6 nitrogen and oxygen atoms in total. The lowest BCUT2D eigenvalue weighted by Crippen LogP contribution is -2.35. The van der Waals surface area contributed by atoms with Gasteiger partial charge in [-0.25, -0.2) is 0 Å². The van der Waals surface area contributed by atoms with Crippen LogP contribution in [0.5, 0.6) is 0 Å². The predicted octanol–water partition coefficient (Wildman–Crippen LogP) is -0.621. The molecule has 1 aromatic heterocycles. The van der Waals surface area contributed by atoms with Crippen LogP contribution in [0, 0.1) is 5.41 Å². The summed E-state index contributed by atoms with van der Waals surface area (Å²) in [7, 11) is 3.75. The molecule has 2 rings (SSSR count). The number of aromatic nitrogens is 4. The van der Waals surface area contributed by atoms with Crippen molar-refractivity contribution in [2.75, 3.05) is 26.8 Å². The summed E-state index contributed by atoms with van der Waals surface area (Å²) in [4.78, 5) is 1.50. The van der Waals surface area contributed by atoms with Crippen molar-refractivity contribution in [1.82, 2.24) is 25.5 Å². The van der Waals surface area contributed by atoms with Gasteiger partial charge in [-0.05, 0) is 18.7 Å². The van der Waals surface area contributed by atoms with Gasteiger partial charge in [0.2, 0.25) is 0 Å². The maximum absolute atomic E-state index is 5.47. The number of nitrogens with zero attached hydrogens (tertiary/aromatic N) is 4. The Bertz CT molecular complexity index is 318. The highest BCUT2D eigenvalue weighted by Gasteiger charge is 2.35. The van der Waals surface area contributed by atoms with E-state index in [2.05, 4.69) is 20.7 Å². The number of hydrogen-bond acceptors (Lipinski definition) is 5. The van der Waals surface area contributed by atoms with Gasteiger partial charge in [-0.15, -0.1) is 10.2 Å². The van der Waals surface area contributed by atoms with Gasteiger partial charge in [0.25, 0.3) is 0 Å². The highest BCUT2D eigenvalue weighted by atomic mass is 16.5. The summed E-state index contributed by atoms with van der Waals surface area (Å²) in [6.07, 6.45) is 1.90. The molecule has 1 aliphatic heterocycles. The first-order chi connectivity index (χ1) is 7.24. The highest BCUT2D eigenvalue weighted by Crippen LogP contribution is 2.30. The number of tetrazole rings is 1. The summed E-state index contributed by atoms with van der Waals surface area (Å²) in [5.41, 5.74) is 0.151. The van der Waals surface area contributed by atoms with Crippen molar-refractivity contribution < 1.29 is 4.74 Å². The fourth-order valence-electron chi connectivity index (χ4n) is 2.10. The first-order valence-electron chi connectivity index (χ1n) is 5.19. The predicted molar refractivity (Wildman–Crippen MR) is 54.3 cm³/mol. The second-order valence-corrected chi connectivity index (χ2v) is 4.20. The van der Waals surface area contributed by atoms with Crippen LogP contribution < -0.4 is 5.32 Å². The summed E-state index contributed by atoms with van der Waals surface area (Å²) in [5, 5.41) is 15.3. The van der Waals surface area contributed by atoms with Gasteiger partial charge in [-0.2, -0.15) is 4.80 Å². The van der Waals surface area contributed by atoms with E-state index in [1.54, 1.807) is 7.05 Å². The van der Waals surface area contributed by atoms with Crippen LogP contribution in [0.25, 0.3) is 0 Å². The van der Waals surface area contributed by atoms with Crippen LogP contribution in [0.3, 0.4) is 0 Å². The first-order valence-corrected chi connectivity index (χ1v) is 5.19. The number of hydrogen-bond donors (Lipinski definition) is 1. The monoisotopic (exact) mass is 211 g/mol. The van der Waals surface area contributed by atoms with E-state index >= 15 is 0 Å². The Hall–Kier alpha value is -1.01. The average molecular weight is 211 g/mol. The van der Waals surface area contributed by atoms with Crippen LogP contribution in [0.4, 0.5) is 0 Å². The standard InChI is InChI=1S/C9H17N5O/c1-10-6-9(3-4-15-7-9)5-8-11-13-14(2)12-8/h10H,3-7H2,1-2H3. The highest BCUT2D eigenvalue weighted by molar-refractivity contribution is 4.94. The number of nitrogens with one attached hydrogen (secondary N) is 1. The van der Waals surface area contributed by atoms with E-state index in [-0.39, 0.29) is 5.41 Å². The molecule has 2 heterocycles. The van der Waals surface area contributed by atoms with Crippen molar-refractivity contribution in [3.63, 3.8) is 0 Å². The largest absolute Gasteiger partial charge is 0.381 e. The van der Waals surface area contributed by atoms with E-state index in [9.17, 15) is 0 Å². The lowest BCUT2D eigenvalue weighted by molar-refractivity contribution is 0.149. The van der Waals surface area contributed by atoms with Crippen LogP contribution >= 0.6 is 0 Å². The molecule has 0 saturated carbocycles. The molecule has 0 aliphatic carbocycles. The van der Waals surface area contributed by atoms with E-state index in [0.717, 1.165) is 38.4 Å². The molecule has 0 spiro atoms. The van der Waals surface area contributed by atoms with E-state index in [1.165, 1.54) is 4.80 Å². The summed E-state index contributed by atoms with van der Waals surface area (Å²) >= 11 is 0. The fraction of sp³-hybridized carbons (Fsp3) is 0.889. The Balaban J connectivity index is 2.06. The zero-order valence-corrected chi connectivity index (χ0v) is 9.23. The summed E-state index contributed by atoms with van der Waals surface area (Å²) in [6.45, 7) is 2.55. The Morgan fingerprint density at radius 1 is 1.60 bits per heavy atom. The van der Waals surface area contributed by atoms with Gasteiger partial charge in [-0.3, -0.25) is 0 Å². The fourth-order valence-corrected chi connectivity index (χ4v) is 2.10. The van der Waals surface area contributed by atoms with Crippen LogP contribution in [-0.4, -0.2) is 47.0 Å². The molecule has 1 aliphatic rings. The SMILES string of the molecule is CNCC1(Cc2nnn(C)n2)CCOC1. The molecule has 0 bridgehead atoms. The van der Waals surface area contributed by atoms with Crippen molar-refractivity contribution in [3.05, 3.63) is 5.82 Å². The molecule has 1 N–H and O–H groups in total. The molecule has 1 atom stereocenters. The first kappa shape index (κ1) is 10.5. The minimum atomic E-state index is 0.151. The van der Waals surface area contributed by atoms with Gasteiger partial charge >= 0.3 is 0 Å². The Labute approximate surface area is 89.0 Å². The van der Waals surface area contributed by atoms with Gasteiger partial charge in [0, 0.05) is 25.0 Å². The molecular formula is C9H17N5O. The molecule has 15 heavy (non-hydrogen) atoms. The normalized spacial score (nSPS) is 26.0. The van der Waals surface area contributed by atoms with E-state index < -0.39 is 0 Å². The molecule has 0 amide bonds. The van der Waals surface area contributed by atoms with Crippen LogP contribution in [0.15, 0.2) is 0 Å². The number of rotatable bonds is 4. The van der Waals surface area contributed by atoms with E-state index in [0.29, 0.717) is 0 Å². The summed E-state index contributed by atoms with van der Waals surface area (Å²) in [6, 6.07) is 0. The molecular weight excluding hydrogens is 194 g/mol. The molecule has 1 aromatic rings.